The molecule has 0 fully saturated rings. The number of carboxylic acids is 1. The summed E-state index contributed by atoms with van der Waals surface area (Å²) >= 11 is 0. The van der Waals surface area contributed by atoms with Gasteiger partial charge < -0.3 is 10.8 Å². The van der Waals surface area contributed by atoms with Crippen LogP contribution < -0.4 is 5.73 Å². The van der Waals surface area contributed by atoms with Crippen molar-refractivity contribution >= 4 is 11.9 Å². The maximum absolute atomic E-state index is 10.7. The third-order valence-corrected chi connectivity index (χ3v) is 0.961. The number of carboxylic acid groups (broad SMARTS) is 1. The average molecular weight is 229 g/mol. The van der Waals surface area contributed by atoms with Crippen LogP contribution in [0.2, 0.25) is 0 Å². The fourth-order valence-electron chi connectivity index (χ4n) is 0.454. The predicted molar refractivity (Wildman–Crippen MR) is 47.0 cm³/mol. The van der Waals surface area contributed by atoms with Crippen molar-refractivity contribution in [3.63, 3.8) is 0 Å². The van der Waals surface area contributed by atoms with Crippen LogP contribution in [0.5, 0.6) is 0 Å². The Labute approximate surface area is 85.3 Å². The molecule has 0 radical (unpaired) electrons. The van der Waals surface area contributed by atoms with Crippen molar-refractivity contribution in [2.75, 3.05) is 0 Å². The molecular formula is C8H14F3NO3. The molecule has 3 N–H and O–H groups in total. The molecule has 0 bridgehead atoms. The van der Waals surface area contributed by atoms with Gasteiger partial charge >= 0.3 is 18.1 Å². The number of alkyl halides is 3. The molecule has 0 spiro atoms. The fourth-order valence-corrected chi connectivity index (χ4v) is 0.454. The normalized spacial score (nSPS) is 11.3. The first kappa shape index (κ1) is 16.2. The molecule has 0 rings (SSSR count). The molecule has 15 heavy (non-hydrogen) atoms. The minimum atomic E-state index is -4.86. The lowest BCUT2D eigenvalue weighted by molar-refractivity contribution is -0.169. The van der Waals surface area contributed by atoms with Gasteiger partial charge in [-0.2, -0.15) is 13.2 Å². The van der Waals surface area contributed by atoms with E-state index < -0.39 is 18.1 Å². The van der Waals surface area contributed by atoms with E-state index in [2.05, 4.69) is 5.73 Å². The Balaban J connectivity index is 0. The molecule has 0 saturated carbocycles. The lowest BCUT2D eigenvalue weighted by Gasteiger charge is -2.13. The Morgan fingerprint density at radius 3 is 1.47 bits per heavy atom. The minimum Gasteiger partial charge on any atom is -0.481 e. The van der Waals surface area contributed by atoms with E-state index in [1.807, 2.05) is 20.8 Å². The molecule has 0 aromatic carbocycles. The molecule has 7 heteroatoms. The summed E-state index contributed by atoms with van der Waals surface area (Å²) in [4.78, 5) is 19.1. The van der Waals surface area contributed by atoms with Gasteiger partial charge in [-0.05, 0) is 5.41 Å². The maximum atomic E-state index is 10.7. The van der Waals surface area contributed by atoms with Gasteiger partial charge in [0.1, 0.15) is 0 Å². The van der Waals surface area contributed by atoms with Gasteiger partial charge in [0, 0.05) is 0 Å². The second-order valence-electron chi connectivity index (χ2n) is 3.99. The van der Waals surface area contributed by atoms with E-state index in [4.69, 9.17) is 9.90 Å². The van der Waals surface area contributed by atoms with Crippen molar-refractivity contribution in [2.24, 2.45) is 11.1 Å². The number of aliphatic carboxylic acids is 1. The highest BCUT2D eigenvalue weighted by Gasteiger charge is 2.35. The van der Waals surface area contributed by atoms with E-state index >= 15 is 0 Å². The summed E-state index contributed by atoms with van der Waals surface area (Å²) in [6.07, 6.45) is -4.62. The van der Waals surface area contributed by atoms with Gasteiger partial charge in [0.25, 0.3) is 0 Å². The highest BCUT2D eigenvalue weighted by atomic mass is 19.4. The number of halogens is 3. The molecular weight excluding hydrogens is 215 g/mol. The number of primary amides is 1. The molecule has 4 nitrogen and oxygen atoms in total. The summed E-state index contributed by atoms with van der Waals surface area (Å²) in [7, 11) is 0. The number of hydrogen-bond donors (Lipinski definition) is 2. The molecule has 0 aliphatic heterocycles. The van der Waals surface area contributed by atoms with Crippen molar-refractivity contribution in [1.29, 1.82) is 0 Å². The van der Waals surface area contributed by atoms with Gasteiger partial charge in [0.2, 0.25) is 0 Å². The molecule has 0 aliphatic rings. The van der Waals surface area contributed by atoms with Crippen LogP contribution in [0.15, 0.2) is 0 Å². The molecule has 1 amide bonds. The quantitative estimate of drug-likeness (QED) is 0.715. The molecule has 0 heterocycles. The van der Waals surface area contributed by atoms with Crippen molar-refractivity contribution in [3.05, 3.63) is 0 Å². The molecule has 90 valence electrons. The zero-order valence-electron chi connectivity index (χ0n) is 8.68. The van der Waals surface area contributed by atoms with Crippen LogP contribution in [0.1, 0.15) is 27.2 Å². The highest BCUT2D eigenvalue weighted by Crippen LogP contribution is 2.17. The monoisotopic (exact) mass is 229 g/mol. The predicted octanol–water partition coefficient (Wildman–Crippen LogP) is 1.54. The Bertz CT molecular complexity index is 230. The molecule has 0 aliphatic carbocycles. The molecule has 0 aromatic heterocycles. The molecule has 0 atom stereocenters. The SMILES string of the molecule is CC(C)(C)CC(=O)O.NC(=O)C(F)(F)F. The van der Waals surface area contributed by atoms with E-state index in [0.29, 0.717) is 0 Å². The van der Waals surface area contributed by atoms with Crippen LogP contribution in [0.25, 0.3) is 0 Å². The van der Waals surface area contributed by atoms with Gasteiger partial charge in [-0.25, -0.2) is 0 Å². The van der Waals surface area contributed by atoms with Crippen LogP contribution >= 0.6 is 0 Å². The van der Waals surface area contributed by atoms with Gasteiger partial charge in [0.05, 0.1) is 6.42 Å². The minimum absolute atomic E-state index is 0.0775. The smallest absolute Gasteiger partial charge is 0.470 e. The summed E-state index contributed by atoms with van der Waals surface area (Å²) in [5.74, 6) is -2.98. The number of hydrogen-bond acceptors (Lipinski definition) is 2. The topological polar surface area (TPSA) is 80.4 Å². The van der Waals surface area contributed by atoms with E-state index in [9.17, 15) is 18.0 Å². The molecule has 0 aromatic rings. The number of carbonyl (C=O) groups is 2. The van der Waals surface area contributed by atoms with Crippen molar-refractivity contribution in [2.45, 2.75) is 33.4 Å². The van der Waals surface area contributed by atoms with Gasteiger partial charge in [0.15, 0.2) is 0 Å². The van der Waals surface area contributed by atoms with Crippen LogP contribution in [-0.2, 0) is 9.59 Å². The Kier molecular flexibility index (Phi) is 6.01. The van der Waals surface area contributed by atoms with Crippen LogP contribution in [0.3, 0.4) is 0 Å². The van der Waals surface area contributed by atoms with Crippen LogP contribution in [0, 0.1) is 5.41 Å². The largest absolute Gasteiger partial charge is 0.481 e. The van der Waals surface area contributed by atoms with Crippen molar-refractivity contribution < 1.29 is 27.9 Å². The van der Waals surface area contributed by atoms with Gasteiger partial charge in [-0.3, -0.25) is 9.59 Å². The molecule has 0 saturated heterocycles. The van der Waals surface area contributed by atoms with Crippen LogP contribution in [-0.4, -0.2) is 23.2 Å². The Morgan fingerprint density at radius 2 is 1.47 bits per heavy atom. The first-order valence-electron chi connectivity index (χ1n) is 3.94. The van der Waals surface area contributed by atoms with E-state index in [-0.39, 0.29) is 11.8 Å². The summed E-state index contributed by atoms with van der Waals surface area (Å²) in [6, 6.07) is 0. The summed E-state index contributed by atoms with van der Waals surface area (Å²) < 4.78 is 32.1. The Hall–Kier alpha value is -1.27. The Morgan fingerprint density at radius 1 is 1.20 bits per heavy atom. The second-order valence-corrected chi connectivity index (χ2v) is 3.99. The lowest BCUT2D eigenvalue weighted by atomic mass is 9.93. The van der Waals surface area contributed by atoms with E-state index in [1.54, 1.807) is 0 Å². The second kappa shape index (κ2) is 5.57. The summed E-state index contributed by atoms with van der Waals surface area (Å²) in [6.45, 7) is 5.71. The lowest BCUT2D eigenvalue weighted by Crippen LogP contribution is -2.30. The zero-order valence-corrected chi connectivity index (χ0v) is 8.68. The number of rotatable bonds is 1. The molecule has 0 unspecified atom stereocenters. The van der Waals surface area contributed by atoms with Gasteiger partial charge in [-0.1, -0.05) is 20.8 Å². The van der Waals surface area contributed by atoms with E-state index in [0.717, 1.165) is 0 Å². The fraction of sp³-hybridized carbons (Fsp3) is 0.750. The average Bonchev–Trinajstić information content (AvgIpc) is 1.78. The standard InChI is InChI=1S/C6H12O2.C2H2F3NO/c1-6(2,3)4-5(7)8;3-2(4,5)1(6)7/h4H2,1-3H3,(H,7,8);(H2,6,7). The number of nitrogens with two attached hydrogens (primary N) is 1. The number of carbonyl (C=O) groups excluding carboxylic acids is 1. The highest BCUT2D eigenvalue weighted by molar-refractivity contribution is 5.79. The van der Waals surface area contributed by atoms with Crippen LogP contribution in [0.4, 0.5) is 13.2 Å². The first-order chi connectivity index (χ1) is 6.36. The van der Waals surface area contributed by atoms with Gasteiger partial charge in [-0.15, -0.1) is 0 Å². The third kappa shape index (κ3) is 15.5. The third-order valence-electron chi connectivity index (χ3n) is 0.961. The zero-order chi connectivity index (χ0) is 12.9. The van der Waals surface area contributed by atoms with E-state index in [1.165, 1.54) is 0 Å². The number of amides is 1. The first-order valence-corrected chi connectivity index (χ1v) is 3.94. The van der Waals surface area contributed by atoms with Crippen molar-refractivity contribution in [1.82, 2.24) is 0 Å². The maximum Gasteiger partial charge on any atom is 0.470 e. The summed E-state index contributed by atoms with van der Waals surface area (Å²) in [5.41, 5.74) is 3.73. The summed E-state index contributed by atoms with van der Waals surface area (Å²) in [5, 5.41) is 8.25. The van der Waals surface area contributed by atoms with Crippen molar-refractivity contribution in [3.8, 4) is 0 Å².